The lowest BCUT2D eigenvalue weighted by atomic mass is 9.85. The number of halogens is 1. The van der Waals surface area contributed by atoms with Gasteiger partial charge in [-0.1, -0.05) is 35.9 Å². The molecule has 6 heteroatoms. The van der Waals surface area contributed by atoms with Gasteiger partial charge in [-0.2, -0.15) is 0 Å². The van der Waals surface area contributed by atoms with Gasteiger partial charge in [0, 0.05) is 12.1 Å². The van der Waals surface area contributed by atoms with Crippen molar-refractivity contribution in [2.24, 2.45) is 23.7 Å². The van der Waals surface area contributed by atoms with E-state index in [0.717, 1.165) is 12.0 Å². The molecule has 0 aromatic heterocycles. The molecule has 5 nitrogen and oxygen atoms in total. The van der Waals surface area contributed by atoms with Gasteiger partial charge in [0.15, 0.2) is 0 Å². The van der Waals surface area contributed by atoms with Crippen molar-refractivity contribution in [3.8, 4) is 0 Å². The number of likely N-dealkylation sites (tertiary alicyclic amines) is 1. The van der Waals surface area contributed by atoms with Crippen molar-refractivity contribution in [2.45, 2.75) is 19.4 Å². The molecule has 136 valence electrons. The highest BCUT2D eigenvalue weighted by Crippen LogP contribution is 2.52. The smallest absolute Gasteiger partial charge is 0.242 e. The van der Waals surface area contributed by atoms with Crippen molar-refractivity contribution in [1.82, 2.24) is 9.80 Å². The normalized spacial score (nSPS) is 30.0. The monoisotopic (exact) mass is 372 g/mol. The maximum Gasteiger partial charge on any atom is 0.242 e. The third-order valence-electron chi connectivity index (χ3n) is 6.18. The fraction of sp³-hybridized carbons (Fsp3) is 0.450. The second-order valence-electron chi connectivity index (χ2n) is 7.49. The van der Waals surface area contributed by atoms with Crippen LogP contribution in [-0.2, 0) is 14.4 Å². The lowest BCUT2D eigenvalue weighted by Crippen LogP contribution is -2.43. The Balaban J connectivity index is 1.45. The lowest BCUT2D eigenvalue weighted by Gasteiger charge is -2.27. The summed E-state index contributed by atoms with van der Waals surface area (Å²) in [6.45, 7) is 1.73. The number of hydrogen-bond acceptors (Lipinski definition) is 3. The van der Waals surface area contributed by atoms with Gasteiger partial charge in [0.1, 0.15) is 6.54 Å². The van der Waals surface area contributed by atoms with E-state index in [9.17, 15) is 14.4 Å². The van der Waals surface area contributed by atoms with Crippen molar-refractivity contribution < 1.29 is 14.4 Å². The summed E-state index contributed by atoms with van der Waals surface area (Å²) < 4.78 is 0. The molecule has 0 spiro atoms. The van der Waals surface area contributed by atoms with Gasteiger partial charge >= 0.3 is 0 Å². The molecule has 1 aliphatic heterocycles. The summed E-state index contributed by atoms with van der Waals surface area (Å²) in [5, 5.41) is 0.637. The summed E-state index contributed by atoms with van der Waals surface area (Å²) >= 11 is 5.91. The minimum atomic E-state index is -0.260. The molecule has 2 bridgehead atoms. The zero-order valence-electron chi connectivity index (χ0n) is 14.8. The molecule has 1 saturated carbocycles. The molecule has 26 heavy (non-hydrogen) atoms. The van der Waals surface area contributed by atoms with Crippen LogP contribution >= 0.6 is 11.6 Å². The van der Waals surface area contributed by atoms with Gasteiger partial charge in [-0.15, -0.1) is 0 Å². The van der Waals surface area contributed by atoms with Gasteiger partial charge in [0.05, 0.1) is 17.9 Å². The maximum atomic E-state index is 12.7. The molecule has 0 N–H and O–H groups in total. The molecule has 1 saturated heterocycles. The van der Waals surface area contributed by atoms with Crippen LogP contribution in [0.2, 0.25) is 5.02 Å². The third-order valence-corrected chi connectivity index (χ3v) is 6.43. The highest BCUT2D eigenvalue weighted by atomic mass is 35.5. The zero-order chi connectivity index (χ0) is 18.6. The van der Waals surface area contributed by atoms with Gasteiger partial charge in [-0.3, -0.25) is 19.3 Å². The molecule has 1 aromatic carbocycles. The van der Waals surface area contributed by atoms with Gasteiger partial charge in [0.2, 0.25) is 17.7 Å². The second-order valence-corrected chi connectivity index (χ2v) is 7.93. The van der Waals surface area contributed by atoms with Gasteiger partial charge in [-0.05, 0) is 42.9 Å². The van der Waals surface area contributed by atoms with Crippen LogP contribution in [0.1, 0.15) is 24.9 Å². The van der Waals surface area contributed by atoms with E-state index in [2.05, 4.69) is 12.2 Å². The molecule has 4 rings (SSSR count). The van der Waals surface area contributed by atoms with Gasteiger partial charge in [0.25, 0.3) is 0 Å². The van der Waals surface area contributed by atoms with Crippen molar-refractivity contribution in [1.29, 1.82) is 0 Å². The van der Waals surface area contributed by atoms with Crippen molar-refractivity contribution in [2.75, 3.05) is 13.6 Å². The standard InChI is InChI=1S/C20H21ClN2O3/c1-11(12-5-7-15(21)8-6-12)22(2)16(24)10-23-19(25)17-13-3-4-14(9-13)18(17)20(23)26/h3-8,11,13-14,17-18H,9-10H2,1-2H3/t11-,13+,14+,17-,18+/m1/s1. The fourth-order valence-electron chi connectivity index (χ4n) is 4.55. The molecule has 3 amide bonds. The minimum absolute atomic E-state index is 0.160. The Kier molecular flexibility index (Phi) is 4.14. The number of nitrogens with zero attached hydrogens (tertiary/aromatic N) is 2. The molecular weight excluding hydrogens is 352 g/mol. The zero-order valence-corrected chi connectivity index (χ0v) is 15.5. The second kappa shape index (κ2) is 6.23. The topological polar surface area (TPSA) is 57.7 Å². The van der Waals surface area contributed by atoms with Crippen molar-refractivity contribution in [3.63, 3.8) is 0 Å². The van der Waals surface area contributed by atoms with Crippen molar-refractivity contribution in [3.05, 3.63) is 47.0 Å². The maximum absolute atomic E-state index is 12.7. The van der Waals surface area contributed by atoms with Crippen LogP contribution in [0.3, 0.4) is 0 Å². The van der Waals surface area contributed by atoms with Gasteiger partial charge < -0.3 is 4.90 Å². The Labute approximate surface area is 157 Å². The number of carbonyl (C=O) groups excluding carboxylic acids is 3. The molecular formula is C20H21ClN2O3. The van der Waals surface area contributed by atoms with Crippen LogP contribution in [0.4, 0.5) is 0 Å². The molecule has 5 atom stereocenters. The summed E-state index contributed by atoms with van der Waals surface area (Å²) in [5.74, 6) is -0.807. The predicted octanol–water partition coefficient (Wildman–Crippen LogP) is 2.67. The Morgan fingerprint density at radius 2 is 1.69 bits per heavy atom. The number of carbonyl (C=O) groups is 3. The number of fused-ring (bicyclic) bond motifs is 5. The summed E-state index contributed by atoms with van der Waals surface area (Å²) in [5.41, 5.74) is 0.948. The Morgan fingerprint density at radius 1 is 1.15 bits per heavy atom. The Hall–Kier alpha value is -2.14. The van der Waals surface area contributed by atoms with Crippen LogP contribution in [0.15, 0.2) is 36.4 Å². The van der Waals surface area contributed by atoms with E-state index in [4.69, 9.17) is 11.6 Å². The highest BCUT2D eigenvalue weighted by molar-refractivity contribution is 6.30. The molecule has 3 aliphatic rings. The number of imide groups is 1. The first-order chi connectivity index (χ1) is 12.4. The minimum Gasteiger partial charge on any atom is -0.337 e. The average Bonchev–Trinajstić information content (AvgIpc) is 3.31. The quantitative estimate of drug-likeness (QED) is 0.603. The number of benzene rings is 1. The Morgan fingerprint density at radius 3 is 2.23 bits per heavy atom. The van der Waals surface area contributed by atoms with E-state index >= 15 is 0 Å². The van der Waals surface area contributed by atoms with E-state index in [0.29, 0.717) is 5.02 Å². The highest BCUT2D eigenvalue weighted by Gasteiger charge is 2.59. The number of allylic oxidation sites excluding steroid dienone is 2. The van der Waals surface area contributed by atoms with E-state index in [1.165, 1.54) is 4.90 Å². The number of amides is 3. The first kappa shape index (κ1) is 17.3. The first-order valence-corrected chi connectivity index (χ1v) is 9.31. The summed E-state index contributed by atoms with van der Waals surface area (Å²) in [4.78, 5) is 40.9. The largest absolute Gasteiger partial charge is 0.337 e. The predicted molar refractivity (Wildman–Crippen MR) is 97.1 cm³/mol. The molecule has 1 heterocycles. The lowest BCUT2D eigenvalue weighted by molar-refractivity contribution is -0.147. The SMILES string of the molecule is C[C@H](c1ccc(Cl)cc1)N(C)C(=O)CN1C(=O)[C@@H]2[C@H](C1=O)[C@H]1C=C[C@H]2C1. The average molecular weight is 373 g/mol. The summed E-state index contributed by atoms with van der Waals surface area (Å²) in [6, 6.07) is 7.13. The molecule has 1 aromatic rings. The third kappa shape index (κ3) is 2.57. The van der Waals surface area contributed by atoms with E-state index in [1.807, 2.05) is 19.1 Å². The summed E-state index contributed by atoms with van der Waals surface area (Å²) in [6.07, 6.45) is 5.00. The van der Waals surface area contributed by atoms with Gasteiger partial charge in [-0.25, -0.2) is 0 Å². The van der Waals surface area contributed by atoms with Crippen LogP contribution in [0, 0.1) is 23.7 Å². The van der Waals surface area contributed by atoms with E-state index < -0.39 is 0 Å². The number of hydrogen-bond donors (Lipinski definition) is 0. The molecule has 2 aliphatic carbocycles. The van der Waals surface area contributed by atoms with Crippen LogP contribution in [-0.4, -0.2) is 41.1 Å². The Bertz CT molecular complexity index is 774. The van der Waals surface area contributed by atoms with Crippen LogP contribution < -0.4 is 0 Å². The summed E-state index contributed by atoms with van der Waals surface area (Å²) in [7, 11) is 1.69. The van der Waals surface area contributed by atoms with Crippen molar-refractivity contribution >= 4 is 29.3 Å². The number of likely N-dealkylation sites (N-methyl/N-ethyl adjacent to an activating group) is 1. The van der Waals surface area contributed by atoms with Crippen LogP contribution in [0.25, 0.3) is 0 Å². The van der Waals surface area contributed by atoms with Crippen LogP contribution in [0.5, 0.6) is 0 Å². The van der Waals surface area contributed by atoms with E-state index in [-0.39, 0.29) is 54.0 Å². The van der Waals surface area contributed by atoms with E-state index in [1.54, 1.807) is 24.1 Å². The fourth-order valence-corrected chi connectivity index (χ4v) is 4.67. The molecule has 2 fully saturated rings. The molecule has 0 radical (unpaired) electrons. The first-order valence-electron chi connectivity index (χ1n) is 8.93. The molecule has 0 unspecified atom stereocenters. The number of rotatable bonds is 4.